The topological polar surface area (TPSA) is 56.1 Å². The van der Waals surface area contributed by atoms with Crippen LogP contribution < -0.4 is 5.32 Å². The van der Waals surface area contributed by atoms with Crippen molar-refractivity contribution >= 4 is 11.6 Å². The first-order chi connectivity index (χ1) is 9.29. The monoisotopic (exact) mass is 257 g/mol. The Morgan fingerprint density at radius 1 is 1.21 bits per heavy atom. The Morgan fingerprint density at radius 2 is 1.89 bits per heavy atom. The summed E-state index contributed by atoms with van der Waals surface area (Å²) in [6.45, 7) is 2.13. The molecule has 19 heavy (non-hydrogen) atoms. The second-order valence-corrected chi connectivity index (χ2v) is 4.83. The van der Waals surface area contributed by atoms with E-state index in [4.69, 9.17) is 5.26 Å². The number of anilines is 1. The van der Waals surface area contributed by atoms with Gasteiger partial charge in [0.15, 0.2) is 0 Å². The molecule has 0 aromatic heterocycles. The molecule has 0 radical (unpaired) electrons. The molecule has 0 bridgehead atoms. The third kappa shape index (κ3) is 3.99. The first-order valence-electron chi connectivity index (χ1n) is 6.77. The SMILES string of the molecule is N#CCc1ccc(NCC(=O)N2CCCCC2)cc1. The van der Waals surface area contributed by atoms with E-state index in [-0.39, 0.29) is 5.91 Å². The maximum atomic E-state index is 12.0. The van der Waals surface area contributed by atoms with Gasteiger partial charge in [0.2, 0.25) is 5.91 Å². The van der Waals surface area contributed by atoms with Crippen LogP contribution in [0.5, 0.6) is 0 Å². The molecule has 1 saturated heterocycles. The van der Waals surface area contributed by atoms with Gasteiger partial charge in [0.25, 0.3) is 0 Å². The molecule has 1 aliphatic heterocycles. The van der Waals surface area contributed by atoms with Crippen LogP contribution in [-0.2, 0) is 11.2 Å². The van der Waals surface area contributed by atoms with E-state index in [0.29, 0.717) is 13.0 Å². The van der Waals surface area contributed by atoms with Crippen molar-refractivity contribution in [1.29, 1.82) is 5.26 Å². The van der Waals surface area contributed by atoms with Crippen LogP contribution in [0, 0.1) is 11.3 Å². The van der Waals surface area contributed by atoms with E-state index in [1.165, 1.54) is 6.42 Å². The lowest BCUT2D eigenvalue weighted by molar-refractivity contribution is -0.130. The third-order valence-corrected chi connectivity index (χ3v) is 3.39. The van der Waals surface area contributed by atoms with E-state index in [1.54, 1.807) is 0 Å². The first-order valence-corrected chi connectivity index (χ1v) is 6.77. The number of likely N-dealkylation sites (tertiary alicyclic amines) is 1. The van der Waals surface area contributed by atoms with Crippen LogP contribution in [0.3, 0.4) is 0 Å². The lowest BCUT2D eigenvalue weighted by Gasteiger charge is -2.26. The summed E-state index contributed by atoms with van der Waals surface area (Å²) in [6.07, 6.45) is 3.90. The summed E-state index contributed by atoms with van der Waals surface area (Å²) in [6, 6.07) is 9.77. The van der Waals surface area contributed by atoms with E-state index < -0.39 is 0 Å². The summed E-state index contributed by atoms with van der Waals surface area (Å²) in [7, 11) is 0. The quantitative estimate of drug-likeness (QED) is 0.899. The van der Waals surface area contributed by atoms with E-state index >= 15 is 0 Å². The maximum Gasteiger partial charge on any atom is 0.241 e. The Morgan fingerprint density at radius 3 is 2.53 bits per heavy atom. The Hall–Kier alpha value is -2.02. The first kappa shape index (κ1) is 13.4. The van der Waals surface area contributed by atoms with Crippen LogP contribution >= 0.6 is 0 Å². The minimum absolute atomic E-state index is 0.167. The van der Waals surface area contributed by atoms with Gasteiger partial charge < -0.3 is 10.2 Å². The highest BCUT2D eigenvalue weighted by atomic mass is 16.2. The summed E-state index contributed by atoms with van der Waals surface area (Å²) >= 11 is 0. The molecule has 0 atom stereocenters. The number of piperidine rings is 1. The van der Waals surface area contributed by atoms with Gasteiger partial charge in [-0.05, 0) is 37.0 Å². The maximum absolute atomic E-state index is 12.0. The number of amides is 1. The number of carbonyl (C=O) groups excluding carboxylic acids is 1. The molecule has 0 aliphatic carbocycles. The number of benzene rings is 1. The minimum Gasteiger partial charge on any atom is -0.376 e. The molecule has 4 nitrogen and oxygen atoms in total. The zero-order valence-corrected chi connectivity index (χ0v) is 11.1. The van der Waals surface area contributed by atoms with Crippen molar-refractivity contribution in [3.63, 3.8) is 0 Å². The van der Waals surface area contributed by atoms with Crippen molar-refractivity contribution < 1.29 is 4.79 Å². The second-order valence-electron chi connectivity index (χ2n) is 4.83. The smallest absolute Gasteiger partial charge is 0.241 e. The molecule has 1 amide bonds. The summed E-state index contributed by atoms with van der Waals surface area (Å²) < 4.78 is 0. The molecule has 1 fully saturated rings. The molecule has 1 aliphatic rings. The molecule has 4 heteroatoms. The lowest BCUT2D eigenvalue weighted by Crippen LogP contribution is -2.39. The number of nitrogens with one attached hydrogen (secondary N) is 1. The van der Waals surface area contributed by atoms with Crippen LogP contribution in [0.1, 0.15) is 24.8 Å². The van der Waals surface area contributed by atoms with Gasteiger partial charge in [-0.25, -0.2) is 0 Å². The normalized spacial score (nSPS) is 14.8. The van der Waals surface area contributed by atoms with Gasteiger partial charge in [-0.3, -0.25) is 4.79 Å². The second kappa shape index (κ2) is 6.79. The Kier molecular flexibility index (Phi) is 4.79. The third-order valence-electron chi connectivity index (χ3n) is 3.39. The number of hydrogen-bond donors (Lipinski definition) is 1. The number of nitriles is 1. The largest absolute Gasteiger partial charge is 0.376 e. The predicted octanol–water partition coefficient (Wildman–Crippen LogP) is 2.18. The van der Waals surface area contributed by atoms with Crippen LogP contribution in [0.2, 0.25) is 0 Å². The van der Waals surface area contributed by atoms with Crippen LogP contribution in [0.15, 0.2) is 24.3 Å². The van der Waals surface area contributed by atoms with Gasteiger partial charge in [0.05, 0.1) is 19.0 Å². The Labute approximate surface area is 114 Å². The standard InChI is InChI=1S/C15H19N3O/c16-9-8-13-4-6-14(7-5-13)17-12-15(19)18-10-2-1-3-11-18/h4-7,17H,1-3,8,10-12H2. The van der Waals surface area contributed by atoms with Gasteiger partial charge in [0, 0.05) is 18.8 Å². The molecule has 2 rings (SSSR count). The summed E-state index contributed by atoms with van der Waals surface area (Å²) in [4.78, 5) is 13.9. The summed E-state index contributed by atoms with van der Waals surface area (Å²) in [5.74, 6) is 0.167. The van der Waals surface area contributed by atoms with E-state index in [9.17, 15) is 4.79 Å². The van der Waals surface area contributed by atoms with Gasteiger partial charge in [-0.15, -0.1) is 0 Å². The zero-order valence-electron chi connectivity index (χ0n) is 11.1. The molecular weight excluding hydrogens is 238 g/mol. The predicted molar refractivity (Wildman–Crippen MR) is 74.7 cm³/mol. The molecule has 0 unspecified atom stereocenters. The fourth-order valence-corrected chi connectivity index (χ4v) is 2.26. The minimum atomic E-state index is 0.167. The van der Waals surface area contributed by atoms with Gasteiger partial charge in [-0.2, -0.15) is 5.26 Å². The van der Waals surface area contributed by atoms with Gasteiger partial charge >= 0.3 is 0 Å². The molecule has 1 N–H and O–H groups in total. The number of hydrogen-bond acceptors (Lipinski definition) is 3. The van der Waals surface area contributed by atoms with Gasteiger partial charge in [0.1, 0.15) is 0 Å². The number of rotatable bonds is 4. The van der Waals surface area contributed by atoms with Crippen LogP contribution in [0.25, 0.3) is 0 Å². The average Bonchev–Trinajstić information content (AvgIpc) is 2.47. The highest BCUT2D eigenvalue weighted by Crippen LogP contribution is 2.11. The highest BCUT2D eigenvalue weighted by Gasteiger charge is 2.15. The lowest BCUT2D eigenvalue weighted by atomic mass is 10.1. The zero-order chi connectivity index (χ0) is 13.5. The fraction of sp³-hybridized carbons (Fsp3) is 0.467. The van der Waals surface area contributed by atoms with Crippen molar-refractivity contribution in [3.05, 3.63) is 29.8 Å². The molecule has 1 aromatic carbocycles. The van der Waals surface area contributed by atoms with Crippen molar-refractivity contribution in [1.82, 2.24) is 4.90 Å². The molecular formula is C15H19N3O. The van der Waals surface area contributed by atoms with E-state index in [1.807, 2.05) is 29.2 Å². The number of nitrogens with zero attached hydrogens (tertiary/aromatic N) is 2. The van der Waals surface area contributed by atoms with Crippen LogP contribution in [-0.4, -0.2) is 30.4 Å². The van der Waals surface area contributed by atoms with Crippen molar-refractivity contribution in [2.45, 2.75) is 25.7 Å². The van der Waals surface area contributed by atoms with Crippen molar-refractivity contribution in [2.75, 3.05) is 25.0 Å². The summed E-state index contributed by atoms with van der Waals surface area (Å²) in [5, 5.41) is 11.7. The highest BCUT2D eigenvalue weighted by molar-refractivity contribution is 5.80. The Bertz CT molecular complexity index is 455. The number of carbonyl (C=O) groups is 1. The fourth-order valence-electron chi connectivity index (χ4n) is 2.26. The Balaban J connectivity index is 1.81. The van der Waals surface area contributed by atoms with Crippen LogP contribution in [0.4, 0.5) is 5.69 Å². The molecule has 1 heterocycles. The van der Waals surface area contributed by atoms with E-state index in [2.05, 4.69) is 11.4 Å². The molecule has 1 aromatic rings. The average molecular weight is 257 g/mol. The van der Waals surface area contributed by atoms with Gasteiger partial charge in [-0.1, -0.05) is 12.1 Å². The molecule has 0 spiro atoms. The summed E-state index contributed by atoms with van der Waals surface area (Å²) in [5.41, 5.74) is 1.92. The van der Waals surface area contributed by atoms with E-state index in [0.717, 1.165) is 37.2 Å². The van der Waals surface area contributed by atoms with Crippen molar-refractivity contribution in [2.24, 2.45) is 0 Å². The molecule has 0 saturated carbocycles. The van der Waals surface area contributed by atoms with Crippen molar-refractivity contribution in [3.8, 4) is 6.07 Å². The molecule has 100 valence electrons.